The summed E-state index contributed by atoms with van der Waals surface area (Å²) in [7, 11) is -4.15. The zero-order valence-electron chi connectivity index (χ0n) is 21.3. The van der Waals surface area contributed by atoms with Crippen molar-refractivity contribution in [3.63, 3.8) is 0 Å². The molecule has 5 rings (SSSR count). The number of sulfonamides is 1. The van der Waals surface area contributed by atoms with E-state index in [1.807, 2.05) is 37.3 Å². The summed E-state index contributed by atoms with van der Waals surface area (Å²) in [6.45, 7) is 2.34. The zero-order valence-corrected chi connectivity index (χ0v) is 22.9. The molecule has 0 radical (unpaired) electrons. The largest absolute Gasteiger partial charge is 0.494 e. The van der Waals surface area contributed by atoms with Gasteiger partial charge in [-0.25, -0.2) is 13.3 Å². The summed E-state index contributed by atoms with van der Waals surface area (Å²) in [5, 5.41) is 2.19. The predicted octanol–water partition coefficient (Wildman–Crippen LogP) is 5.46. The molecule has 7 nitrogen and oxygen atoms in total. The van der Waals surface area contributed by atoms with Gasteiger partial charge in [0.1, 0.15) is 11.8 Å². The van der Waals surface area contributed by atoms with Gasteiger partial charge in [-0.1, -0.05) is 54.1 Å². The van der Waals surface area contributed by atoms with E-state index in [0.717, 1.165) is 25.5 Å². The summed E-state index contributed by atoms with van der Waals surface area (Å²) in [6, 6.07) is 24.9. The Labute approximate surface area is 232 Å². The monoisotopic (exact) mass is 562 g/mol. The van der Waals surface area contributed by atoms with Crippen LogP contribution in [0.15, 0.2) is 95.9 Å². The molecule has 0 bridgehead atoms. The predicted molar refractivity (Wildman–Crippen MR) is 152 cm³/mol. The molecule has 0 spiro atoms. The van der Waals surface area contributed by atoms with Crippen LogP contribution in [0.2, 0.25) is 5.02 Å². The Hall–Kier alpha value is -3.72. The summed E-state index contributed by atoms with van der Waals surface area (Å²) in [5.41, 5.74) is 1.19. The molecule has 1 unspecified atom stereocenters. The molecule has 1 aliphatic rings. The molecule has 4 aromatic carbocycles. The molecule has 1 heterocycles. The summed E-state index contributed by atoms with van der Waals surface area (Å²) >= 11 is 6.14. The number of nitrogens with zero attached hydrogens (tertiary/aromatic N) is 2. The smallest absolute Gasteiger partial charge is 0.252 e. The average molecular weight is 563 g/mol. The number of ether oxygens (including phenoxy) is 1. The van der Waals surface area contributed by atoms with Crippen LogP contribution in [-0.2, 0) is 26.0 Å². The first-order valence-electron chi connectivity index (χ1n) is 12.6. The Morgan fingerprint density at radius 1 is 0.923 bits per heavy atom. The third kappa shape index (κ3) is 5.54. The van der Waals surface area contributed by atoms with Crippen molar-refractivity contribution < 1.29 is 22.7 Å². The quantitative estimate of drug-likeness (QED) is 0.253. The molecule has 1 fully saturated rings. The molecule has 4 aromatic rings. The van der Waals surface area contributed by atoms with Crippen LogP contribution in [0, 0.1) is 0 Å². The number of halogens is 1. The maximum absolute atomic E-state index is 14.1. The second kappa shape index (κ2) is 11.2. The van der Waals surface area contributed by atoms with Crippen LogP contribution in [0.1, 0.15) is 18.9 Å². The fourth-order valence-corrected chi connectivity index (χ4v) is 6.64. The lowest BCUT2D eigenvalue weighted by Crippen LogP contribution is -2.46. The van der Waals surface area contributed by atoms with E-state index in [-0.39, 0.29) is 17.9 Å². The van der Waals surface area contributed by atoms with E-state index < -0.39 is 27.9 Å². The molecular formula is C30H27ClN2O5S. The number of hydrogen-bond acceptors (Lipinski definition) is 5. The lowest BCUT2D eigenvalue weighted by Gasteiger charge is -2.27. The molecule has 200 valence electrons. The molecule has 0 N–H and O–H groups in total. The van der Waals surface area contributed by atoms with Crippen molar-refractivity contribution in [2.45, 2.75) is 30.7 Å². The van der Waals surface area contributed by atoms with E-state index in [4.69, 9.17) is 16.3 Å². The summed E-state index contributed by atoms with van der Waals surface area (Å²) in [4.78, 5) is 27.9. The van der Waals surface area contributed by atoms with Crippen molar-refractivity contribution >= 4 is 49.9 Å². The minimum atomic E-state index is -4.15. The lowest BCUT2D eigenvalue weighted by molar-refractivity contribution is -0.122. The van der Waals surface area contributed by atoms with E-state index in [0.29, 0.717) is 29.5 Å². The van der Waals surface area contributed by atoms with Gasteiger partial charge < -0.3 is 4.74 Å². The molecular weight excluding hydrogens is 536 g/mol. The second-order valence-electron chi connectivity index (χ2n) is 9.22. The van der Waals surface area contributed by atoms with Crippen LogP contribution in [0.4, 0.5) is 5.69 Å². The first-order valence-corrected chi connectivity index (χ1v) is 14.4. The number of anilines is 1. The van der Waals surface area contributed by atoms with Crippen molar-refractivity contribution in [2.24, 2.45) is 0 Å². The van der Waals surface area contributed by atoms with Gasteiger partial charge in [0, 0.05) is 11.6 Å². The van der Waals surface area contributed by atoms with Gasteiger partial charge >= 0.3 is 0 Å². The van der Waals surface area contributed by atoms with Gasteiger partial charge in [0.05, 0.1) is 23.6 Å². The Morgan fingerprint density at radius 2 is 1.67 bits per heavy atom. The Bertz CT molecular complexity index is 1640. The maximum Gasteiger partial charge on any atom is 0.252 e. The molecule has 39 heavy (non-hydrogen) atoms. The number of rotatable bonds is 9. The van der Waals surface area contributed by atoms with Crippen LogP contribution >= 0.6 is 11.6 Å². The van der Waals surface area contributed by atoms with Crippen molar-refractivity contribution in [3.05, 3.63) is 102 Å². The minimum Gasteiger partial charge on any atom is -0.494 e. The lowest BCUT2D eigenvalue weighted by atomic mass is 10.1. The van der Waals surface area contributed by atoms with E-state index >= 15 is 0 Å². The molecule has 9 heteroatoms. The van der Waals surface area contributed by atoms with Crippen molar-refractivity contribution in [2.75, 3.05) is 18.1 Å². The highest BCUT2D eigenvalue weighted by molar-refractivity contribution is 7.89. The number of carbonyl (C=O) groups excluding carboxylic acids is 2. The number of amides is 2. The number of benzene rings is 4. The van der Waals surface area contributed by atoms with Gasteiger partial charge in [-0.05, 0) is 78.2 Å². The first-order chi connectivity index (χ1) is 18.8. The van der Waals surface area contributed by atoms with Gasteiger partial charge in [-0.2, -0.15) is 4.31 Å². The molecule has 1 atom stereocenters. The fraction of sp³-hybridized carbons (Fsp3) is 0.200. The number of carbonyl (C=O) groups is 2. The van der Waals surface area contributed by atoms with Crippen LogP contribution in [-0.4, -0.2) is 43.7 Å². The highest BCUT2D eigenvalue weighted by Gasteiger charge is 2.46. The number of hydrogen-bond donors (Lipinski definition) is 0. The third-order valence-electron chi connectivity index (χ3n) is 6.71. The van der Waals surface area contributed by atoms with Crippen LogP contribution < -0.4 is 9.64 Å². The Balaban J connectivity index is 1.50. The second-order valence-corrected chi connectivity index (χ2v) is 11.5. The SMILES string of the molecule is CCOc1ccc(N2C(=O)CC(N(CCc3cccc(Cl)c3)S(=O)(=O)c3ccc4ccccc4c3)C2=O)cc1. The molecule has 0 aromatic heterocycles. The molecule has 1 saturated heterocycles. The summed E-state index contributed by atoms with van der Waals surface area (Å²) in [6.07, 6.45) is 0.0583. The number of imide groups is 1. The summed E-state index contributed by atoms with van der Waals surface area (Å²) in [5.74, 6) is -0.436. The Morgan fingerprint density at radius 3 is 2.38 bits per heavy atom. The highest BCUT2D eigenvalue weighted by atomic mass is 35.5. The minimum absolute atomic E-state index is 0.00366. The molecule has 2 amide bonds. The Kier molecular flexibility index (Phi) is 7.70. The average Bonchev–Trinajstić information content (AvgIpc) is 3.22. The standard InChI is InChI=1S/C30H27ClN2O5S/c1-2-38-26-13-11-25(12-14-26)33-29(34)20-28(30(33)35)32(17-16-21-6-5-9-24(31)18-21)39(36,37)27-15-10-22-7-3-4-8-23(22)19-27/h3-15,18-19,28H,2,16-17,20H2,1H3. The van der Waals surface area contributed by atoms with E-state index in [2.05, 4.69) is 0 Å². The normalized spacial score (nSPS) is 15.9. The van der Waals surface area contributed by atoms with Gasteiger partial charge in [0.15, 0.2) is 0 Å². The van der Waals surface area contributed by atoms with Gasteiger partial charge in [-0.15, -0.1) is 0 Å². The maximum atomic E-state index is 14.1. The molecule has 1 aliphatic heterocycles. The van der Waals surface area contributed by atoms with Crippen molar-refractivity contribution in [1.82, 2.24) is 4.31 Å². The van der Waals surface area contributed by atoms with E-state index in [1.54, 1.807) is 54.6 Å². The van der Waals surface area contributed by atoms with Crippen molar-refractivity contribution in [1.29, 1.82) is 0 Å². The molecule has 0 saturated carbocycles. The fourth-order valence-electron chi connectivity index (χ4n) is 4.81. The van der Waals surface area contributed by atoms with Crippen LogP contribution in [0.25, 0.3) is 10.8 Å². The molecule has 0 aliphatic carbocycles. The van der Waals surface area contributed by atoms with Gasteiger partial charge in [0.2, 0.25) is 15.9 Å². The topological polar surface area (TPSA) is 84.0 Å². The summed E-state index contributed by atoms with van der Waals surface area (Å²) < 4.78 is 34.7. The van der Waals surface area contributed by atoms with Gasteiger partial charge in [-0.3, -0.25) is 9.59 Å². The zero-order chi connectivity index (χ0) is 27.6. The van der Waals surface area contributed by atoms with E-state index in [1.165, 1.54) is 6.07 Å². The van der Waals surface area contributed by atoms with E-state index in [9.17, 15) is 18.0 Å². The van der Waals surface area contributed by atoms with Gasteiger partial charge in [0.25, 0.3) is 5.91 Å². The third-order valence-corrected chi connectivity index (χ3v) is 8.85. The number of fused-ring (bicyclic) bond motifs is 1. The first kappa shape index (κ1) is 26.9. The highest BCUT2D eigenvalue weighted by Crippen LogP contribution is 2.31. The van der Waals surface area contributed by atoms with Crippen LogP contribution in [0.3, 0.4) is 0 Å². The van der Waals surface area contributed by atoms with Crippen LogP contribution in [0.5, 0.6) is 5.75 Å². The van der Waals surface area contributed by atoms with Crippen molar-refractivity contribution in [3.8, 4) is 5.75 Å².